The molecule has 0 unspecified atom stereocenters. The third-order valence-corrected chi connectivity index (χ3v) is 2.23. The van der Waals surface area contributed by atoms with Crippen LogP contribution in [-0.2, 0) is 16.2 Å². The highest BCUT2D eigenvalue weighted by atomic mass is 16.7. The van der Waals surface area contributed by atoms with E-state index < -0.39 is 11.9 Å². The quantitative estimate of drug-likeness (QED) is 0.732. The van der Waals surface area contributed by atoms with Crippen LogP contribution in [0.15, 0.2) is 30.3 Å². The Morgan fingerprint density at radius 3 is 2.60 bits per heavy atom. The molecular weight excluding hydrogens is 192 g/mol. The molecule has 0 bridgehead atoms. The van der Waals surface area contributed by atoms with E-state index in [9.17, 15) is 4.79 Å². The zero-order valence-corrected chi connectivity index (χ0v) is 9.01. The maximum atomic E-state index is 10.9. The summed E-state index contributed by atoms with van der Waals surface area (Å²) in [6.45, 7) is 2.14. The largest absolute Gasteiger partial charge is 0.368 e. The maximum Gasteiger partial charge on any atom is 0.236 e. The molecule has 0 aromatic heterocycles. The van der Waals surface area contributed by atoms with Crippen molar-refractivity contribution in [2.24, 2.45) is 5.73 Å². The maximum absolute atomic E-state index is 10.9. The van der Waals surface area contributed by atoms with Gasteiger partial charge in [0.25, 0.3) is 0 Å². The van der Waals surface area contributed by atoms with Crippen LogP contribution in [0, 0.1) is 0 Å². The molecule has 0 aliphatic carbocycles. The molecule has 0 heterocycles. The summed E-state index contributed by atoms with van der Waals surface area (Å²) in [7, 11) is 1.69. The second kappa shape index (κ2) is 5.48. The van der Waals surface area contributed by atoms with Crippen LogP contribution in [0.1, 0.15) is 12.5 Å². The third-order valence-electron chi connectivity index (χ3n) is 2.23. The van der Waals surface area contributed by atoms with Gasteiger partial charge in [0.05, 0.1) is 6.61 Å². The predicted octanol–water partition coefficient (Wildman–Crippen LogP) is 0.924. The number of hydrogen-bond acceptors (Lipinski definition) is 3. The van der Waals surface area contributed by atoms with Gasteiger partial charge in [-0.2, -0.15) is 5.06 Å². The van der Waals surface area contributed by atoms with Crippen molar-refractivity contribution in [3.05, 3.63) is 35.9 Å². The number of rotatable bonds is 5. The summed E-state index contributed by atoms with van der Waals surface area (Å²) in [4.78, 5) is 16.2. The van der Waals surface area contributed by atoms with Gasteiger partial charge >= 0.3 is 0 Å². The Kier molecular flexibility index (Phi) is 4.27. The molecule has 0 aliphatic heterocycles. The van der Waals surface area contributed by atoms with Crippen molar-refractivity contribution in [1.29, 1.82) is 0 Å². The zero-order valence-electron chi connectivity index (χ0n) is 9.01. The summed E-state index contributed by atoms with van der Waals surface area (Å²) in [6.07, 6.45) is 0. The molecule has 0 saturated heterocycles. The highest BCUT2D eigenvalue weighted by molar-refractivity contribution is 5.79. The fraction of sp³-hybridized carbons (Fsp3) is 0.364. The Morgan fingerprint density at radius 2 is 2.07 bits per heavy atom. The molecule has 0 spiro atoms. The lowest BCUT2D eigenvalue weighted by atomic mass is 10.2. The standard InChI is InChI=1S/C11H16N2O2/c1-9(11(12)14)13(2)15-8-10-6-4-3-5-7-10/h3-7,9H,8H2,1-2H3,(H2,12,14)/t9-/m0/s1. The molecule has 4 nitrogen and oxygen atoms in total. The predicted molar refractivity (Wildman–Crippen MR) is 57.7 cm³/mol. The van der Waals surface area contributed by atoms with Gasteiger partial charge in [-0.25, -0.2) is 0 Å². The van der Waals surface area contributed by atoms with Gasteiger partial charge in [-0.05, 0) is 12.5 Å². The molecule has 15 heavy (non-hydrogen) atoms. The zero-order chi connectivity index (χ0) is 11.3. The third kappa shape index (κ3) is 3.69. The Labute approximate surface area is 89.6 Å². The number of likely N-dealkylation sites (N-methyl/N-ethyl adjacent to an activating group) is 1. The summed E-state index contributed by atoms with van der Waals surface area (Å²) in [5.74, 6) is -0.398. The van der Waals surface area contributed by atoms with Crippen LogP contribution in [0.5, 0.6) is 0 Å². The summed E-state index contributed by atoms with van der Waals surface area (Å²) >= 11 is 0. The fourth-order valence-corrected chi connectivity index (χ4v) is 1.04. The lowest BCUT2D eigenvalue weighted by Gasteiger charge is -2.21. The number of hydrogen-bond donors (Lipinski definition) is 1. The average molecular weight is 208 g/mol. The number of amides is 1. The van der Waals surface area contributed by atoms with Crippen molar-refractivity contribution in [2.75, 3.05) is 7.05 Å². The van der Waals surface area contributed by atoms with Gasteiger partial charge in [-0.15, -0.1) is 0 Å². The minimum absolute atomic E-state index is 0.398. The van der Waals surface area contributed by atoms with E-state index in [0.717, 1.165) is 5.56 Å². The van der Waals surface area contributed by atoms with E-state index in [-0.39, 0.29) is 0 Å². The molecule has 1 atom stereocenters. The summed E-state index contributed by atoms with van der Waals surface area (Å²) in [6, 6.07) is 9.32. The molecule has 2 N–H and O–H groups in total. The first-order valence-corrected chi connectivity index (χ1v) is 4.80. The number of nitrogens with two attached hydrogens (primary N) is 1. The van der Waals surface area contributed by atoms with Crippen molar-refractivity contribution in [3.63, 3.8) is 0 Å². The number of nitrogens with zero attached hydrogens (tertiary/aromatic N) is 1. The van der Waals surface area contributed by atoms with Crippen molar-refractivity contribution in [3.8, 4) is 0 Å². The molecule has 1 amide bonds. The molecule has 82 valence electrons. The lowest BCUT2D eigenvalue weighted by molar-refractivity contribution is -0.179. The van der Waals surface area contributed by atoms with Gasteiger partial charge in [0.1, 0.15) is 6.04 Å². The number of primary amides is 1. The second-order valence-electron chi connectivity index (χ2n) is 3.38. The number of hydroxylamine groups is 2. The van der Waals surface area contributed by atoms with E-state index in [0.29, 0.717) is 6.61 Å². The monoisotopic (exact) mass is 208 g/mol. The Bertz CT molecular complexity index is 314. The molecule has 1 rings (SSSR count). The normalized spacial score (nSPS) is 12.7. The first-order chi connectivity index (χ1) is 7.11. The van der Waals surface area contributed by atoms with Gasteiger partial charge in [-0.3, -0.25) is 9.63 Å². The van der Waals surface area contributed by atoms with Gasteiger partial charge in [0.2, 0.25) is 5.91 Å². The minimum atomic E-state index is -0.422. The Hall–Kier alpha value is -1.39. The molecule has 0 fully saturated rings. The minimum Gasteiger partial charge on any atom is -0.368 e. The molecule has 0 saturated carbocycles. The second-order valence-corrected chi connectivity index (χ2v) is 3.38. The van der Waals surface area contributed by atoms with Crippen LogP contribution >= 0.6 is 0 Å². The van der Waals surface area contributed by atoms with Crippen LogP contribution in [0.4, 0.5) is 0 Å². The summed E-state index contributed by atoms with van der Waals surface area (Å²) in [5, 5.41) is 1.47. The van der Waals surface area contributed by atoms with Gasteiger partial charge in [0, 0.05) is 7.05 Å². The van der Waals surface area contributed by atoms with Crippen LogP contribution in [0.2, 0.25) is 0 Å². The van der Waals surface area contributed by atoms with Crippen LogP contribution in [0.25, 0.3) is 0 Å². The van der Waals surface area contributed by atoms with Gasteiger partial charge in [-0.1, -0.05) is 30.3 Å². The van der Waals surface area contributed by atoms with Crippen molar-refractivity contribution >= 4 is 5.91 Å². The van der Waals surface area contributed by atoms with Crippen molar-refractivity contribution < 1.29 is 9.63 Å². The van der Waals surface area contributed by atoms with Crippen LogP contribution in [0.3, 0.4) is 0 Å². The van der Waals surface area contributed by atoms with E-state index in [1.165, 1.54) is 5.06 Å². The van der Waals surface area contributed by atoms with E-state index in [4.69, 9.17) is 10.6 Å². The SMILES string of the molecule is C[C@@H](C(N)=O)N(C)OCc1ccccc1. The molecule has 1 aromatic carbocycles. The molecule has 0 aliphatic rings. The van der Waals surface area contributed by atoms with E-state index in [2.05, 4.69) is 0 Å². The first kappa shape index (κ1) is 11.7. The van der Waals surface area contributed by atoms with E-state index in [1.54, 1.807) is 14.0 Å². The Morgan fingerprint density at radius 1 is 1.47 bits per heavy atom. The summed E-state index contributed by atoms with van der Waals surface area (Å²) < 4.78 is 0. The molecular formula is C11H16N2O2. The molecule has 0 radical (unpaired) electrons. The summed E-state index contributed by atoms with van der Waals surface area (Å²) in [5.41, 5.74) is 6.20. The number of carbonyl (C=O) groups is 1. The highest BCUT2D eigenvalue weighted by Crippen LogP contribution is 2.03. The molecule has 4 heteroatoms. The lowest BCUT2D eigenvalue weighted by Crippen LogP contribution is -2.40. The average Bonchev–Trinajstić information content (AvgIpc) is 2.26. The van der Waals surface area contributed by atoms with Gasteiger partial charge < -0.3 is 5.73 Å². The molecule has 1 aromatic rings. The van der Waals surface area contributed by atoms with Gasteiger partial charge in [0.15, 0.2) is 0 Å². The van der Waals surface area contributed by atoms with Crippen molar-refractivity contribution in [2.45, 2.75) is 19.6 Å². The highest BCUT2D eigenvalue weighted by Gasteiger charge is 2.14. The fourth-order valence-electron chi connectivity index (χ4n) is 1.04. The Balaban J connectivity index is 2.41. The van der Waals surface area contributed by atoms with Crippen molar-refractivity contribution in [1.82, 2.24) is 5.06 Å². The number of benzene rings is 1. The van der Waals surface area contributed by atoms with Crippen LogP contribution in [-0.4, -0.2) is 24.1 Å². The number of carbonyl (C=O) groups excluding carboxylic acids is 1. The van der Waals surface area contributed by atoms with E-state index >= 15 is 0 Å². The topological polar surface area (TPSA) is 55.6 Å². The van der Waals surface area contributed by atoms with E-state index in [1.807, 2.05) is 30.3 Å². The van der Waals surface area contributed by atoms with Crippen LogP contribution < -0.4 is 5.73 Å². The smallest absolute Gasteiger partial charge is 0.236 e. The first-order valence-electron chi connectivity index (χ1n) is 4.80.